The second-order valence-corrected chi connectivity index (χ2v) is 5.63. The molecule has 1 fully saturated rings. The predicted octanol–water partition coefficient (Wildman–Crippen LogP) is 3.81. The molecule has 0 saturated carbocycles. The Labute approximate surface area is 116 Å². The fourth-order valence-electron chi connectivity index (χ4n) is 2.23. The van der Waals surface area contributed by atoms with Crippen LogP contribution in [0.2, 0.25) is 0 Å². The maximum atomic E-state index is 13.1. The van der Waals surface area contributed by atoms with Gasteiger partial charge < -0.3 is 10.1 Å². The maximum absolute atomic E-state index is 13.1. The lowest BCUT2D eigenvalue weighted by atomic mass is 10.1. The van der Waals surface area contributed by atoms with Crippen LogP contribution >= 0.6 is 15.9 Å². The highest BCUT2D eigenvalue weighted by molar-refractivity contribution is 9.10. The van der Waals surface area contributed by atoms with Crippen molar-refractivity contribution in [3.05, 3.63) is 34.1 Å². The fraction of sp³-hybridized carbons (Fsp3) is 0.571. The van der Waals surface area contributed by atoms with Crippen LogP contribution in [0.15, 0.2) is 22.7 Å². The molecule has 1 aliphatic rings. The van der Waals surface area contributed by atoms with E-state index in [0.717, 1.165) is 25.1 Å². The van der Waals surface area contributed by atoms with Crippen molar-refractivity contribution in [3.8, 4) is 0 Å². The summed E-state index contributed by atoms with van der Waals surface area (Å²) in [6.45, 7) is 3.93. The van der Waals surface area contributed by atoms with Crippen molar-refractivity contribution in [2.45, 2.75) is 38.3 Å². The molecule has 1 aromatic carbocycles. The molecule has 2 rings (SSSR count). The van der Waals surface area contributed by atoms with E-state index < -0.39 is 0 Å². The van der Waals surface area contributed by atoms with Crippen LogP contribution < -0.4 is 5.32 Å². The summed E-state index contributed by atoms with van der Waals surface area (Å²) < 4.78 is 19.2. The molecule has 0 radical (unpaired) electrons. The molecule has 4 heteroatoms. The van der Waals surface area contributed by atoms with Gasteiger partial charge in [0, 0.05) is 12.6 Å². The Morgan fingerprint density at radius 1 is 1.56 bits per heavy atom. The van der Waals surface area contributed by atoms with E-state index in [4.69, 9.17) is 4.74 Å². The SMILES string of the molecule is CC(NCCC1CCCO1)c1ccc(F)c(Br)c1. The molecule has 2 atom stereocenters. The summed E-state index contributed by atoms with van der Waals surface area (Å²) in [5.41, 5.74) is 1.09. The van der Waals surface area contributed by atoms with E-state index >= 15 is 0 Å². The zero-order valence-electron chi connectivity index (χ0n) is 10.6. The molecule has 0 bridgehead atoms. The fourth-order valence-corrected chi connectivity index (χ4v) is 2.63. The number of hydrogen-bond acceptors (Lipinski definition) is 2. The molecule has 1 N–H and O–H groups in total. The van der Waals surface area contributed by atoms with E-state index in [9.17, 15) is 4.39 Å². The van der Waals surface area contributed by atoms with Gasteiger partial charge in [-0.2, -0.15) is 0 Å². The quantitative estimate of drug-likeness (QED) is 0.892. The van der Waals surface area contributed by atoms with Gasteiger partial charge in [0.25, 0.3) is 0 Å². The lowest BCUT2D eigenvalue weighted by Crippen LogP contribution is -2.23. The van der Waals surface area contributed by atoms with Crippen molar-refractivity contribution in [2.75, 3.05) is 13.2 Å². The minimum absolute atomic E-state index is 0.217. The molecule has 1 aliphatic heterocycles. The van der Waals surface area contributed by atoms with E-state index in [1.807, 2.05) is 12.1 Å². The Hall–Kier alpha value is -0.450. The average molecular weight is 316 g/mol. The molecule has 100 valence electrons. The van der Waals surface area contributed by atoms with Crippen molar-refractivity contribution >= 4 is 15.9 Å². The van der Waals surface area contributed by atoms with Crippen molar-refractivity contribution < 1.29 is 9.13 Å². The molecular weight excluding hydrogens is 297 g/mol. The van der Waals surface area contributed by atoms with Gasteiger partial charge in [0.05, 0.1) is 10.6 Å². The third kappa shape index (κ3) is 3.77. The van der Waals surface area contributed by atoms with Crippen molar-refractivity contribution in [2.24, 2.45) is 0 Å². The van der Waals surface area contributed by atoms with Gasteiger partial charge in [-0.25, -0.2) is 4.39 Å². The van der Waals surface area contributed by atoms with Gasteiger partial charge in [0.2, 0.25) is 0 Å². The Morgan fingerprint density at radius 2 is 2.39 bits per heavy atom. The monoisotopic (exact) mass is 315 g/mol. The zero-order valence-corrected chi connectivity index (χ0v) is 12.2. The van der Waals surface area contributed by atoms with E-state index in [2.05, 4.69) is 28.2 Å². The highest BCUT2D eigenvalue weighted by Gasteiger charge is 2.15. The number of nitrogens with one attached hydrogen (secondary N) is 1. The smallest absolute Gasteiger partial charge is 0.137 e. The molecule has 0 aliphatic carbocycles. The number of halogens is 2. The highest BCUT2D eigenvalue weighted by atomic mass is 79.9. The molecule has 1 heterocycles. The van der Waals surface area contributed by atoms with Gasteiger partial charge in [0.15, 0.2) is 0 Å². The van der Waals surface area contributed by atoms with E-state index in [1.165, 1.54) is 18.9 Å². The van der Waals surface area contributed by atoms with Gasteiger partial charge in [-0.05, 0) is 66.4 Å². The van der Waals surface area contributed by atoms with Crippen LogP contribution in [-0.2, 0) is 4.74 Å². The second-order valence-electron chi connectivity index (χ2n) is 4.77. The minimum Gasteiger partial charge on any atom is -0.378 e. The van der Waals surface area contributed by atoms with Gasteiger partial charge in [-0.3, -0.25) is 0 Å². The molecule has 0 aromatic heterocycles. The number of rotatable bonds is 5. The van der Waals surface area contributed by atoms with E-state index in [1.54, 1.807) is 0 Å². The van der Waals surface area contributed by atoms with Crippen LogP contribution in [0.4, 0.5) is 4.39 Å². The number of ether oxygens (including phenoxy) is 1. The molecule has 1 saturated heterocycles. The Morgan fingerprint density at radius 3 is 3.06 bits per heavy atom. The van der Waals surface area contributed by atoms with E-state index in [0.29, 0.717) is 10.6 Å². The molecule has 0 amide bonds. The summed E-state index contributed by atoms with van der Waals surface area (Å²) in [5, 5.41) is 3.45. The lowest BCUT2D eigenvalue weighted by molar-refractivity contribution is 0.103. The molecule has 18 heavy (non-hydrogen) atoms. The summed E-state index contributed by atoms with van der Waals surface area (Å²) in [6.07, 6.45) is 3.83. The first kappa shape index (κ1) is 14.0. The summed E-state index contributed by atoms with van der Waals surface area (Å²) in [7, 11) is 0. The lowest BCUT2D eigenvalue weighted by Gasteiger charge is -2.16. The molecule has 0 spiro atoms. The summed E-state index contributed by atoms with van der Waals surface area (Å²) in [4.78, 5) is 0. The van der Waals surface area contributed by atoms with Crippen LogP contribution in [0.1, 0.15) is 37.8 Å². The number of benzene rings is 1. The largest absolute Gasteiger partial charge is 0.378 e. The Kier molecular flexibility index (Phi) is 5.15. The van der Waals surface area contributed by atoms with E-state index in [-0.39, 0.29) is 11.9 Å². The summed E-state index contributed by atoms with van der Waals surface area (Å²) >= 11 is 3.21. The van der Waals surface area contributed by atoms with Crippen LogP contribution in [0.5, 0.6) is 0 Å². The van der Waals surface area contributed by atoms with Crippen LogP contribution in [0.25, 0.3) is 0 Å². The standard InChI is InChI=1S/C14H19BrFNO/c1-10(11-4-5-14(16)13(15)9-11)17-7-6-12-3-2-8-18-12/h4-5,9-10,12,17H,2-3,6-8H2,1H3. The van der Waals surface area contributed by atoms with Crippen LogP contribution in [0.3, 0.4) is 0 Å². The average Bonchev–Trinajstić information content (AvgIpc) is 2.85. The maximum Gasteiger partial charge on any atom is 0.137 e. The molecule has 1 aromatic rings. The summed E-state index contributed by atoms with van der Waals surface area (Å²) in [6, 6.07) is 5.38. The topological polar surface area (TPSA) is 21.3 Å². The molecule has 2 unspecified atom stereocenters. The second kappa shape index (κ2) is 6.64. The molecule has 2 nitrogen and oxygen atoms in total. The molecular formula is C14H19BrFNO. The first-order valence-corrected chi connectivity index (χ1v) is 7.26. The normalized spacial score (nSPS) is 21.2. The Balaban J connectivity index is 1.79. The van der Waals surface area contributed by atoms with Gasteiger partial charge in [-0.1, -0.05) is 6.07 Å². The Bertz CT molecular complexity index is 393. The van der Waals surface area contributed by atoms with Crippen molar-refractivity contribution in [3.63, 3.8) is 0 Å². The van der Waals surface area contributed by atoms with Crippen LogP contribution in [-0.4, -0.2) is 19.3 Å². The highest BCUT2D eigenvalue weighted by Crippen LogP contribution is 2.21. The summed E-state index contributed by atoms with van der Waals surface area (Å²) in [5.74, 6) is -0.217. The van der Waals surface area contributed by atoms with Gasteiger partial charge in [-0.15, -0.1) is 0 Å². The third-order valence-electron chi connectivity index (χ3n) is 3.38. The zero-order chi connectivity index (χ0) is 13.0. The van der Waals surface area contributed by atoms with Crippen molar-refractivity contribution in [1.82, 2.24) is 5.32 Å². The minimum atomic E-state index is -0.217. The van der Waals surface area contributed by atoms with Crippen LogP contribution in [0, 0.1) is 5.82 Å². The van der Waals surface area contributed by atoms with Crippen molar-refractivity contribution in [1.29, 1.82) is 0 Å². The number of hydrogen-bond donors (Lipinski definition) is 1. The van der Waals surface area contributed by atoms with Gasteiger partial charge in [0.1, 0.15) is 5.82 Å². The predicted molar refractivity (Wildman–Crippen MR) is 74.1 cm³/mol. The van der Waals surface area contributed by atoms with Gasteiger partial charge >= 0.3 is 0 Å². The third-order valence-corrected chi connectivity index (χ3v) is 3.99. The first-order valence-electron chi connectivity index (χ1n) is 6.47. The first-order chi connectivity index (χ1) is 8.66.